The molecule has 0 fully saturated rings. The van der Waals surface area contributed by atoms with Crippen LogP contribution in [-0.4, -0.2) is 10.0 Å². The van der Waals surface area contributed by atoms with E-state index in [9.17, 15) is 10.1 Å². The highest BCUT2D eigenvalue weighted by molar-refractivity contribution is 9.11. The lowest BCUT2D eigenvalue weighted by atomic mass is 10.2. The van der Waals surface area contributed by atoms with Gasteiger partial charge in [0.25, 0.3) is 0 Å². The predicted molar refractivity (Wildman–Crippen MR) is 52.7 cm³/mol. The summed E-state index contributed by atoms with van der Waals surface area (Å²) in [6.07, 6.45) is 1.65. The molecule has 4 nitrogen and oxygen atoms in total. The Morgan fingerprint density at radius 3 is 2.77 bits per heavy atom. The van der Waals surface area contributed by atoms with Crippen molar-refractivity contribution < 1.29 is 10.0 Å². The molecule has 68 valence electrons. The van der Waals surface area contributed by atoms with E-state index in [-0.39, 0.29) is 11.4 Å². The van der Waals surface area contributed by atoms with E-state index in [1.54, 1.807) is 17.1 Å². The minimum Gasteiger partial charge on any atom is -0.502 e. The molecule has 0 radical (unpaired) electrons. The Kier molecular flexibility index (Phi) is 3.02. The third-order valence-corrected chi connectivity index (χ3v) is 1.72. The Hall–Kier alpha value is -1.36. The second kappa shape index (κ2) is 4.04. The molecular weight excluding hydrogens is 238 g/mol. The van der Waals surface area contributed by atoms with Crippen LogP contribution in [0, 0.1) is 10.1 Å². The number of hydrogen-bond donors (Lipinski definition) is 1. The van der Waals surface area contributed by atoms with E-state index in [1.807, 2.05) is 0 Å². The van der Waals surface area contributed by atoms with Gasteiger partial charge >= 0.3 is 5.69 Å². The molecule has 0 saturated heterocycles. The summed E-state index contributed by atoms with van der Waals surface area (Å²) in [6, 6.07) is 4.17. The van der Waals surface area contributed by atoms with Crippen molar-refractivity contribution in [2.45, 2.75) is 0 Å². The molecule has 0 amide bonds. The normalized spacial score (nSPS) is 10.5. The van der Waals surface area contributed by atoms with Gasteiger partial charge in [-0.15, -0.1) is 0 Å². The first-order valence-corrected chi connectivity index (χ1v) is 4.31. The highest BCUT2D eigenvalue weighted by Crippen LogP contribution is 2.26. The number of phenolic OH excluding ortho intramolecular Hbond substituents is 1. The maximum atomic E-state index is 10.4. The number of nitro groups is 1. The predicted octanol–water partition coefficient (Wildman–Crippen LogP) is 2.67. The molecular formula is C8H6BrNO3. The van der Waals surface area contributed by atoms with Crippen molar-refractivity contribution in [3.05, 3.63) is 38.9 Å². The second-order valence-corrected chi connectivity index (χ2v) is 2.83. The molecule has 0 spiro atoms. The van der Waals surface area contributed by atoms with E-state index in [0.29, 0.717) is 5.56 Å². The summed E-state index contributed by atoms with van der Waals surface area (Å²) in [5.74, 6) is -0.322. The van der Waals surface area contributed by atoms with Crippen molar-refractivity contribution in [1.82, 2.24) is 0 Å². The van der Waals surface area contributed by atoms with Gasteiger partial charge in [-0.3, -0.25) is 10.1 Å². The topological polar surface area (TPSA) is 63.4 Å². The zero-order valence-electron chi connectivity index (χ0n) is 6.48. The molecule has 0 aromatic heterocycles. The van der Waals surface area contributed by atoms with E-state index in [0.717, 1.165) is 0 Å². The number of nitro benzene ring substituents is 1. The van der Waals surface area contributed by atoms with Crippen LogP contribution < -0.4 is 0 Å². The fourth-order valence-corrected chi connectivity index (χ4v) is 1.17. The van der Waals surface area contributed by atoms with Gasteiger partial charge in [0.15, 0.2) is 5.75 Å². The summed E-state index contributed by atoms with van der Waals surface area (Å²) in [4.78, 5) is 11.4. The fourth-order valence-electron chi connectivity index (χ4n) is 0.863. The monoisotopic (exact) mass is 243 g/mol. The van der Waals surface area contributed by atoms with E-state index in [1.165, 1.54) is 12.1 Å². The van der Waals surface area contributed by atoms with Crippen molar-refractivity contribution in [3.63, 3.8) is 0 Å². The number of phenols is 1. The molecule has 0 heterocycles. The van der Waals surface area contributed by atoms with Crippen molar-refractivity contribution >= 4 is 27.7 Å². The van der Waals surface area contributed by atoms with E-state index < -0.39 is 4.92 Å². The summed E-state index contributed by atoms with van der Waals surface area (Å²) >= 11 is 3.05. The second-order valence-electron chi connectivity index (χ2n) is 2.30. The summed E-state index contributed by atoms with van der Waals surface area (Å²) < 4.78 is 0. The van der Waals surface area contributed by atoms with Crippen molar-refractivity contribution in [2.24, 2.45) is 0 Å². The lowest BCUT2D eigenvalue weighted by Crippen LogP contribution is -1.88. The first-order valence-electron chi connectivity index (χ1n) is 3.39. The standard InChI is InChI=1S/C8H6BrNO3/c9-4-3-6-1-2-8(11)7(5-6)10(12)13/h1-5,11H/b4-3+. The highest BCUT2D eigenvalue weighted by atomic mass is 79.9. The van der Waals surface area contributed by atoms with E-state index >= 15 is 0 Å². The largest absolute Gasteiger partial charge is 0.502 e. The van der Waals surface area contributed by atoms with Gasteiger partial charge < -0.3 is 5.11 Å². The molecule has 0 unspecified atom stereocenters. The summed E-state index contributed by atoms with van der Waals surface area (Å²) in [5, 5.41) is 19.5. The van der Waals surface area contributed by atoms with Crippen LogP contribution in [0.25, 0.3) is 6.08 Å². The van der Waals surface area contributed by atoms with E-state index in [4.69, 9.17) is 5.11 Å². The lowest BCUT2D eigenvalue weighted by molar-refractivity contribution is -0.385. The molecule has 0 aliphatic rings. The Balaban J connectivity index is 3.18. The van der Waals surface area contributed by atoms with Crippen LogP contribution in [0.3, 0.4) is 0 Å². The lowest BCUT2D eigenvalue weighted by Gasteiger charge is -1.96. The molecule has 5 heteroatoms. The molecule has 0 bridgehead atoms. The zero-order chi connectivity index (χ0) is 9.84. The molecule has 1 aromatic rings. The van der Waals surface area contributed by atoms with Crippen LogP contribution in [0.15, 0.2) is 23.2 Å². The molecule has 13 heavy (non-hydrogen) atoms. The number of hydrogen-bond acceptors (Lipinski definition) is 3. The average molecular weight is 244 g/mol. The molecule has 1 rings (SSSR count). The van der Waals surface area contributed by atoms with Crippen LogP contribution in [0.1, 0.15) is 5.56 Å². The van der Waals surface area contributed by atoms with Crippen molar-refractivity contribution in [2.75, 3.05) is 0 Å². The highest BCUT2D eigenvalue weighted by Gasteiger charge is 2.12. The third kappa shape index (κ3) is 2.29. The van der Waals surface area contributed by atoms with Gasteiger partial charge in [-0.2, -0.15) is 0 Å². The zero-order valence-corrected chi connectivity index (χ0v) is 8.06. The quantitative estimate of drug-likeness (QED) is 0.642. The maximum absolute atomic E-state index is 10.4. The Labute approximate surface area is 82.8 Å². The van der Waals surface area contributed by atoms with Gasteiger partial charge in [0.1, 0.15) is 0 Å². The Morgan fingerprint density at radius 2 is 2.23 bits per heavy atom. The first kappa shape index (κ1) is 9.73. The maximum Gasteiger partial charge on any atom is 0.311 e. The summed E-state index contributed by atoms with van der Waals surface area (Å²) in [5.41, 5.74) is 0.365. The van der Waals surface area contributed by atoms with Crippen LogP contribution in [0.4, 0.5) is 5.69 Å². The molecule has 0 saturated carbocycles. The number of halogens is 1. The van der Waals surface area contributed by atoms with Gasteiger partial charge in [0.2, 0.25) is 0 Å². The smallest absolute Gasteiger partial charge is 0.311 e. The van der Waals surface area contributed by atoms with Crippen LogP contribution in [-0.2, 0) is 0 Å². The fraction of sp³-hybridized carbons (Fsp3) is 0. The van der Waals surface area contributed by atoms with Gasteiger partial charge in [0, 0.05) is 6.07 Å². The van der Waals surface area contributed by atoms with Gasteiger partial charge in [-0.05, 0) is 22.7 Å². The Bertz CT molecular complexity index is 362. The SMILES string of the molecule is O=[N+]([O-])c1cc(/C=C/Br)ccc1O. The van der Waals surface area contributed by atoms with Gasteiger partial charge in [-0.1, -0.05) is 22.0 Å². The van der Waals surface area contributed by atoms with Crippen LogP contribution in [0.5, 0.6) is 5.75 Å². The number of benzene rings is 1. The molecule has 0 aliphatic heterocycles. The minimum absolute atomic E-state index is 0.289. The molecule has 0 atom stereocenters. The third-order valence-electron chi connectivity index (χ3n) is 1.45. The van der Waals surface area contributed by atoms with Crippen LogP contribution in [0.2, 0.25) is 0 Å². The summed E-state index contributed by atoms with van der Waals surface area (Å²) in [7, 11) is 0. The van der Waals surface area contributed by atoms with Crippen LogP contribution >= 0.6 is 15.9 Å². The number of aromatic hydroxyl groups is 1. The number of rotatable bonds is 2. The summed E-state index contributed by atoms with van der Waals surface area (Å²) in [6.45, 7) is 0. The molecule has 0 aliphatic carbocycles. The van der Waals surface area contributed by atoms with E-state index in [2.05, 4.69) is 15.9 Å². The Morgan fingerprint density at radius 1 is 1.54 bits per heavy atom. The minimum atomic E-state index is -0.624. The van der Waals surface area contributed by atoms with Gasteiger partial charge in [0.05, 0.1) is 4.92 Å². The van der Waals surface area contributed by atoms with Gasteiger partial charge in [-0.25, -0.2) is 0 Å². The average Bonchev–Trinajstić information content (AvgIpc) is 2.08. The first-order chi connectivity index (χ1) is 6.15. The molecule has 1 aromatic carbocycles. The van der Waals surface area contributed by atoms with Crippen molar-refractivity contribution in [1.29, 1.82) is 0 Å². The number of nitrogens with zero attached hydrogens (tertiary/aromatic N) is 1. The van der Waals surface area contributed by atoms with Crippen molar-refractivity contribution in [3.8, 4) is 5.75 Å². The molecule has 1 N–H and O–H groups in total.